The number of benzene rings is 3. The van der Waals surface area contributed by atoms with Gasteiger partial charge in [0.15, 0.2) is 11.6 Å². The minimum absolute atomic E-state index is 0.00570. The Hall–Kier alpha value is -2.89. The van der Waals surface area contributed by atoms with E-state index in [9.17, 15) is 22.0 Å². The van der Waals surface area contributed by atoms with Crippen LogP contribution in [0.3, 0.4) is 0 Å². The molecule has 1 nitrogen and oxygen atoms in total. The highest BCUT2D eigenvalue weighted by molar-refractivity contribution is 5.32. The first kappa shape index (κ1) is 26.7. The molecule has 0 N–H and O–H groups in total. The van der Waals surface area contributed by atoms with Crippen LogP contribution in [-0.2, 0) is 32.1 Å². The average Bonchev–Trinajstić information content (AvgIpc) is 2.79. The van der Waals surface area contributed by atoms with Crippen molar-refractivity contribution in [3.8, 4) is 5.75 Å². The lowest BCUT2D eigenvalue weighted by Gasteiger charge is -2.11. The second-order valence-corrected chi connectivity index (χ2v) is 8.79. The maximum Gasteiger partial charge on any atom is 0.165 e. The molecule has 188 valence electrons. The van der Waals surface area contributed by atoms with Crippen molar-refractivity contribution >= 4 is 0 Å². The van der Waals surface area contributed by atoms with Crippen LogP contribution in [0.15, 0.2) is 42.5 Å². The fourth-order valence-electron chi connectivity index (χ4n) is 4.05. The van der Waals surface area contributed by atoms with Gasteiger partial charge in [-0.25, -0.2) is 22.0 Å². The number of hydrogen-bond donors (Lipinski definition) is 0. The van der Waals surface area contributed by atoms with Gasteiger partial charge in [0.1, 0.15) is 23.3 Å². The lowest BCUT2D eigenvalue weighted by atomic mass is 9.97. The van der Waals surface area contributed by atoms with E-state index >= 15 is 0 Å². The van der Waals surface area contributed by atoms with Crippen LogP contribution in [0.4, 0.5) is 22.0 Å². The summed E-state index contributed by atoms with van der Waals surface area (Å²) in [5, 5.41) is 0. The van der Waals surface area contributed by atoms with Crippen LogP contribution >= 0.6 is 0 Å². The number of aryl methyl sites for hydroxylation is 3. The summed E-state index contributed by atoms with van der Waals surface area (Å²) in [5.41, 5.74) is 1.33. The molecular weight excluding hydrogens is 459 g/mol. The molecule has 0 bridgehead atoms. The number of unbranched alkanes of at least 4 members (excludes halogenated alkanes) is 1. The molecule has 0 aliphatic carbocycles. The topological polar surface area (TPSA) is 9.23 Å². The molecule has 0 radical (unpaired) electrons. The van der Waals surface area contributed by atoms with Gasteiger partial charge < -0.3 is 4.74 Å². The Morgan fingerprint density at radius 2 is 1.03 bits per heavy atom. The minimum atomic E-state index is -0.723. The van der Waals surface area contributed by atoms with Crippen molar-refractivity contribution in [2.24, 2.45) is 0 Å². The summed E-state index contributed by atoms with van der Waals surface area (Å²) in [6.07, 6.45) is 3.51. The van der Waals surface area contributed by atoms with Crippen molar-refractivity contribution < 1.29 is 26.7 Å². The van der Waals surface area contributed by atoms with Gasteiger partial charge in [0.05, 0.1) is 6.61 Å². The van der Waals surface area contributed by atoms with Crippen LogP contribution in [0, 0.1) is 29.1 Å². The summed E-state index contributed by atoms with van der Waals surface area (Å²) < 4.78 is 77.6. The lowest BCUT2D eigenvalue weighted by molar-refractivity contribution is 0.294. The molecule has 0 saturated heterocycles. The zero-order valence-electron chi connectivity index (χ0n) is 20.2. The second-order valence-electron chi connectivity index (χ2n) is 8.79. The van der Waals surface area contributed by atoms with E-state index in [1.54, 1.807) is 6.07 Å². The van der Waals surface area contributed by atoms with Gasteiger partial charge in [-0.15, -0.1) is 0 Å². The van der Waals surface area contributed by atoms with E-state index in [1.165, 1.54) is 36.4 Å². The fraction of sp³-hybridized carbons (Fsp3) is 0.379. The number of rotatable bonds is 12. The first-order valence-electron chi connectivity index (χ1n) is 12.2. The van der Waals surface area contributed by atoms with E-state index < -0.39 is 29.1 Å². The van der Waals surface area contributed by atoms with Crippen molar-refractivity contribution in [2.45, 2.75) is 65.2 Å². The Morgan fingerprint density at radius 3 is 1.51 bits per heavy atom. The maximum absolute atomic E-state index is 14.7. The smallest absolute Gasteiger partial charge is 0.165 e. The third kappa shape index (κ3) is 7.30. The van der Waals surface area contributed by atoms with E-state index in [-0.39, 0.29) is 42.6 Å². The van der Waals surface area contributed by atoms with Gasteiger partial charge in [0.25, 0.3) is 0 Å². The maximum atomic E-state index is 14.7. The quantitative estimate of drug-likeness (QED) is 0.184. The first-order valence-corrected chi connectivity index (χ1v) is 12.2. The molecule has 3 rings (SSSR count). The van der Waals surface area contributed by atoms with E-state index in [1.807, 2.05) is 13.8 Å². The number of halogens is 5. The Morgan fingerprint density at radius 1 is 0.543 bits per heavy atom. The van der Waals surface area contributed by atoms with E-state index in [0.717, 1.165) is 19.3 Å². The summed E-state index contributed by atoms with van der Waals surface area (Å²) in [5.74, 6) is -3.06. The van der Waals surface area contributed by atoms with Gasteiger partial charge in [0, 0.05) is 11.1 Å². The molecular formula is C29H31F5O. The molecule has 0 atom stereocenters. The third-order valence-corrected chi connectivity index (χ3v) is 6.02. The Bertz CT molecular complexity index is 1100. The van der Waals surface area contributed by atoms with Crippen LogP contribution in [0.5, 0.6) is 5.75 Å². The molecule has 6 heteroatoms. The monoisotopic (exact) mass is 490 g/mol. The number of hydrogen-bond acceptors (Lipinski definition) is 1. The summed E-state index contributed by atoms with van der Waals surface area (Å²) in [4.78, 5) is 0. The predicted octanol–water partition coefficient (Wildman–Crippen LogP) is 8.08. The van der Waals surface area contributed by atoms with Crippen molar-refractivity contribution in [2.75, 3.05) is 6.61 Å². The SMILES string of the molecule is CCCCOc1ccc(CCc2c(F)cc(CCc3c(F)cc(CCC)cc3F)cc2F)cc1F. The van der Waals surface area contributed by atoms with Gasteiger partial charge in [-0.05, 0) is 91.6 Å². The first-order chi connectivity index (χ1) is 16.8. The van der Waals surface area contributed by atoms with E-state index in [0.29, 0.717) is 29.7 Å². The summed E-state index contributed by atoms with van der Waals surface area (Å²) in [6, 6.07) is 9.57. The second kappa shape index (κ2) is 12.7. The van der Waals surface area contributed by atoms with Gasteiger partial charge in [-0.3, -0.25) is 0 Å². The van der Waals surface area contributed by atoms with Gasteiger partial charge in [-0.1, -0.05) is 32.8 Å². The van der Waals surface area contributed by atoms with Gasteiger partial charge in [0.2, 0.25) is 0 Å². The molecule has 3 aromatic rings. The normalized spacial score (nSPS) is 11.2. The third-order valence-electron chi connectivity index (χ3n) is 6.02. The highest BCUT2D eigenvalue weighted by Gasteiger charge is 2.15. The van der Waals surface area contributed by atoms with Crippen molar-refractivity contribution in [3.63, 3.8) is 0 Å². The predicted molar refractivity (Wildman–Crippen MR) is 128 cm³/mol. The molecule has 0 aliphatic rings. The fourth-order valence-corrected chi connectivity index (χ4v) is 4.05. The van der Waals surface area contributed by atoms with Crippen LogP contribution in [0.1, 0.15) is 60.9 Å². The van der Waals surface area contributed by atoms with Crippen molar-refractivity contribution in [1.82, 2.24) is 0 Å². The van der Waals surface area contributed by atoms with Gasteiger partial charge in [-0.2, -0.15) is 0 Å². The highest BCUT2D eigenvalue weighted by Crippen LogP contribution is 2.24. The molecule has 0 aliphatic heterocycles. The zero-order valence-corrected chi connectivity index (χ0v) is 20.2. The largest absolute Gasteiger partial charge is 0.491 e. The van der Waals surface area contributed by atoms with Crippen LogP contribution in [0.2, 0.25) is 0 Å². The van der Waals surface area contributed by atoms with Gasteiger partial charge >= 0.3 is 0 Å². The van der Waals surface area contributed by atoms with Crippen molar-refractivity contribution in [3.05, 3.63) is 99.4 Å². The summed E-state index contributed by atoms with van der Waals surface area (Å²) in [6.45, 7) is 4.37. The molecule has 3 aromatic carbocycles. The van der Waals surface area contributed by atoms with Crippen LogP contribution in [-0.4, -0.2) is 6.61 Å². The van der Waals surface area contributed by atoms with E-state index in [2.05, 4.69) is 0 Å². The highest BCUT2D eigenvalue weighted by atomic mass is 19.1. The Balaban J connectivity index is 1.64. The average molecular weight is 491 g/mol. The summed E-state index contributed by atoms with van der Waals surface area (Å²) >= 11 is 0. The molecule has 0 aromatic heterocycles. The Labute approximate surface area is 204 Å². The van der Waals surface area contributed by atoms with Crippen LogP contribution in [0.25, 0.3) is 0 Å². The lowest BCUT2D eigenvalue weighted by Crippen LogP contribution is -2.04. The summed E-state index contributed by atoms with van der Waals surface area (Å²) in [7, 11) is 0. The standard InChI is InChI=1S/C29H31F5O/c1-3-5-13-35-29-12-9-19(14-28(29)34)7-10-22-26(32)17-21(18-27(22)33)8-11-23-24(30)15-20(6-4-2)16-25(23)31/h9,12,14-18H,3-8,10-11,13H2,1-2H3. The number of ether oxygens (including phenoxy) is 1. The molecule has 0 fully saturated rings. The minimum Gasteiger partial charge on any atom is -0.491 e. The van der Waals surface area contributed by atoms with Crippen LogP contribution < -0.4 is 4.74 Å². The Kier molecular flexibility index (Phi) is 9.70. The van der Waals surface area contributed by atoms with Crippen molar-refractivity contribution in [1.29, 1.82) is 0 Å². The zero-order chi connectivity index (χ0) is 25.4. The van der Waals surface area contributed by atoms with E-state index in [4.69, 9.17) is 4.74 Å². The molecule has 35 heavy (non-hydrogen) atoms. The molecule has 0 unspecified atom stereocenters. The molecule has 0 saturated carbocycles. The molecule has 0 spiro atoms. The molecule has 0 heterocycles. The molecule has 0 amide bonds.